The van der Waals surface area contributed by atoms with Crippen LogP contribution in [0.25, 0.3) is 0 Å². The fraction of sp³-hybridized carbons (Fsp3) is 0.238. The highest BCUT2D eigenvalue weighted by molar-refractivity contribution is 6.30. The molecule has 30 heavy (non-hydrogen) atoms. The molecule has 9 heteroatoms. The lowest BCUT2D eigenvalue weighted by atomic mass is 10.2. The summed E-state index contributed by atoms with van der Waals surface area (Å²) in [6.45, 7) is 5.80. The first-order chi connectivity index (χ1) is 14.0. The van der Waals surface area contributed by atoms with Crippen molar-refractivity contribution in [1.29, 1.82) is 0 Å². The van der Waals surface area contributed by atoms with Crippen molar-refractivity contribution < 1.29 is 17.9 Å². The molecule has 5 nitrogen and oxygen atoms in total. The largest absolute Gasteiger partial charge is 0.488 e. The number of ether oxygens (including phenoxy) is 1. The number of hydrogen-bond acceptors (Lipinski definition) is 5. The highest BCUT2D eigenvalue weighted by atomic mass is 35.5. The van der Waals surface area contributed by atoms with Gasteiger partial charge in [-0.15, -0.1) is 0 Å². The Balaban J connectivity index is 1.84. The summed E-state index contributed by atoms with van der Waals surface area (Å²) in [7, 11) is 0. The van der Waals surface area contributed by atoms with Crippen LogP contribution in [-0.4, -0.2) is 15.6 Å². The number of hydrogen-bond donors (Lipinski definition) is 2. The first-order valence-electron chi connectivity index (χ1n) is 9.02. The third-order valence-electron chi connectivity index (χ3n) is 3.74. The lowest BCUT2D eigenvalue weighted by molar-refractivity contribution is -0.137. The van der Waals surface area contributed by atoms with Crippen LogP contribution >= 0.6 is 11.6 Å². The third-order valence-corrected chi connectivity index (χ3v) is 3.99. The van der Waals surface area contributed by atoms with Crippen molar-refractivity contribution in [2.24, 2.45) is 0 Å². The smallest absolute Gasteiger partial charge is 0.421 e. The van der Waals surface area contributed by atoms with Crippen LogP contribution < -0.4 is 15.4 Å². The Labute approximate surface area is 177 Å². The monoisotopic (exact) mass is 436 g/mol. The van der Waals surface area contributed by atoms with Crippen LogP contribution in [0.5, 0.6) is 5.75 Å². The van der Waals surface area contributed by atoms with Gasteiger partial charge in [0.25, 0.3) is 0 Å². The van der Waals surface area contributed by atoms with E-state index in [1.54, 1.807) is 48.5 Å². The minimum Gasteiger partial charge on any atom is -0.488 e. The Bertz CT molecular complexity index is 1000. The zero-order chi connectivity index (χ0) is 21.9. The minimum atomic E-state index is -4.61. The predicted molar refractivity (Wildman–Crippen MR) is 112 cm³/mol. The topological polar surface area (TPSA) is 59.1 Å². The summed E-state index contributed by atoms with van der Waals surface area (Å²) in [5, 5.41) is 6.05. The van der Waals surface area contributed by atoms with Crippen LogP contribution in [0.4, 0.5) is 36.3 Å². The molecule has 0 aliphatic carbocycles. The maximum atomic E-state index is 13.4. The quantitative estimate of drug-likeness (QED) is 0.460. The van der Waals surface area contributed by atoms with Gasteiger partial charge in [-0.05, 0) is 69.3 Å². The second-order valence-electron chi connectivity index (χ2n) is 7.45. The van der Waals surface area contributed by atoms with Gasteiger partial charge in [-0.25, -0.2) is 4.98 Å². The molecule has 3 rings (SSSR count). The van der Waals surface area contributed by atoms with Gasteiger partial charge in [0, 0.05) is 22.6 Å². The molecule has 2 N–H and O–H groups in total. The molecule has 0 radical (unpaired) electrons. The normalized spacial score (nSPS) is 11.8. The van der Waals surface area contributed by atoms with E-state index in [2.05, 4.69) is 20.6 Å². The van der Waals surface area contributed by atoms with E-state index >= 15 is 0 Å². The van der Waals surface area contributed by atoms with E-state index in [-0.39, 0.29) is 17.4 Å². The molecular weight excluding hydrogens is 417 g/mol. The Morgan fingerprint density at radius 2 is 1.43 bits per heavy atom. The van der Waals surface area contributed by atoms with E-state index < -0.39 is 11.7 Å². The summed E-state index contributed by atoms with van der Waals surface area (Å²) in [5.41, 5.74) is -0.295. The van der Waals surface area contributed by atoms with Crippen molar-refractivity contribution in [3.05, 3.63) is 65.3 Å². The first-order valence-corrected chi connectivity index (χ1v) is 9.40. The molecule has 0 bridgehead atoms. The lowest BCUT2D eigenvalue weighted by Crippen LogP contribution is -2.22. The van der Waals surface area contributed by atoms with Gasteiger partial charge in [0.15, 0.2) is 0 Å². The van der Waals surface area contributed by atoms with E-state index in [9.17, 15) is 13.2 Å². The van der Waals surface area contributed by atoms with Gasteiger partial charge in [-0.2, -0.15) is 18.2 Å². The highest BCUT2D eigenvalue weighted by Gasteiger charge is 2.35. The number of rotatable bonds is 5. The Morgan fingerprint density at radius 3 is 2.00 bits per heavy atom. The van der Waals surface area contributed by atoms with Gasteiger partial charge in [-0.3, -0.25) is 0 Å². The summed E-state index contributed by atoms with van der Waals surface area (Å²) in [6.07, 6.45) is -3.87. The van der Waals surface area contributed by atoms with Crippen LogP contribution in [0.3, 0.4) is 0 Å². The summed E-state index contributed by atoms with van der Waals surface area (Å²) in [4.78, 5) is 7.82. The summed E-state index contributed by atoms with van der Waals surface area (Å²) in [6, 6.07) is 13.2. The molecule has 0 saturated heterocycles. The maximum Gasteiger partial charge on any atom is 0.421 e. The molecule has 0 atom stereocenters. The Hall–Kier alpha value is -3.00. The SMILES string of the molecule is CC(C)(C)Oc1ccc(Nc2ncc(C(F)(F)F)c(Nc3ccc(Cl)cc3)n2)cc1. The van der Waals surface area contributed by atoms with Crippen LogP contribution in [0.1, 0.15) is 26.3 Å². The number of nitrogens with one attached hydrogen (secondary N) is 2. The number of alkyl halides is 3. The summed E-state index contributed by atoms with van der Waals surface area (Å²) in [5.74, 6) is 0.324. The number of nitrogens with zero attached hydrogens (tertiary/aromatic N) is 2. The molecule has 1 aromatic heterocycles. The van der Waals surface area contributed by atoms with Crippen LogP contribution in [0.2, 0.25) is 5.02 Å². The van der Waals surface area contributed by atoms with Gasteiger partial charge in [0.05, 0.1) is 0 Å². The molecule has 0 aliphatic heterocycles. The Morgan fingerprint density at radius 1 is 0.867 bits per heavy atom. The van der Waals surface area contributed by atoms with Crippen molar-refractivity contribution in [3.8, 4) is 5.75 Å². The zero-order valence-electron chi connectivity index (χ0n) is 16.5. The average molecular weight is 437 g/mol. The molecule has 0 amide bonds. The van der Waals surface area contributed by atoms with Crippen LogP contribution in [-0.2, 0) is 6.18 Å². The molecule has 1 heterocycles. The van der Waals surface area contributed by atoms with E-state index in [0.717, 1.165) is 6.20 Å². The lowest BCUT2D eigenvalue weighted by Gasteiger charge is -2.21. The molecule has 0 fully saturated rings. The van der Waals surface area contributed by atoms with Crippen molar-refractivity contribution in [2.45, 2.75) is 32.5 Å². The molecule has 0 unspecified atom stereocenters. The predicted octanol–water partition coefficient (Wildman–Crippen LogP) is 6.81. The molecule has 2 aromatic carbocycles. The standard InChI is InChI=1S/C21H20ClF3N4O/c1-20(2,3)30-16-10-8-15(9-11-16)28-19-26-12-17(21(23,24)25)18(29-19)27-14-6-4-13(22)5-7-14/h4-12H,1-3H3,(H2,26,27,28,29). The molecule has 0 saturated carbocycles. The maximum absolute atomic E-state index is 13.4. The van der Waals surface area contributed by atoms with Gasteiger partial charge in [-0.1, -0.05) is 11.6 Å². The van der Waals surface area contributed by atoms with E-state index in [4.69, 9.17) is 16.3 Å². The van der Waals surface area contributed by atoms with Crippen molar-refractivity contribution >= 4 is 34.7 Å². The van der Waals surface area contributed by atoms with Gasteiger partial charge in [0.2, 0.25) is 5.95 Å². The Kier molecular flexibility index (Phi) is 6.07. The molecular formula is C21H20ClF3N4O. The van der Waals surface area contributed by atoms with Gasteiger partial charge < -0.3 is 15.4 Å². The molecule has 158 valence electrons. The van der Waals surface area contributed by atoms with Crippen molar-refractivity contribution in [2.75, 3.05) is 10.6 Å². The number of anilines is 4. The number of halogens is 4. The van der Waals surface area contributed by atoms with Gasteiger partial charge in [0.1, 0.15) is 22.7 Å². The van der Waals surface area contributed by atoms with E-state index in [0.29, 0.717) is 22.1 Å². The summed E-state index contributed by atoms with van der Waals surface area (Å²) >= 11 is 5.83. The van der Waals surface area contributed by atoms with E-state index in [1.807, 2.05) is 20.8 Å². The minimum absolute atomic E-state index is 0.0175. The van der Waals surface area contributed by atoms with Gasteiger partial charge >= 0.3 is 6.18 Å². The average Bonchev–Trinajstić information content (AvgIpc) is 2.63. The van der Waals surface area contributed by atoms with Crippen LogP contribution in [0, 0.1) is 0 Å². The third kappa shape index (κ3) is 6.00. The first kappa shape index (κ1) is 21.7. The number of benzene rings is 2. The van der Waals surface area contributed by atoms with Crippen LogP contribution in [0.15, 0.2) is 54.7 Å². The zero-order valence-corrected chi connectivity index (χ0v) is 17.3. The molecule has 0 aliphatic rings. The van der Waals surface area contributed by atoms with Crippen molar-refractivity contribution in [3.63, 3.8) is 0 Å². The number of aromatic nitrogens is 2. The van der Waals surface area contributed by atoms with E-state index in [1.165, 1.54) is 0 Å². The fourth-order valence-electron chi connectivity index (χ4n) is 2.50. The molecule has 0 spiro atoms. The van der Waals surface area contributed by atoms with Crippen molar-refractivity contribution in [1.82, 2.24) is 9.97 Å². The second-order valence-corrected chi connectivity index (χ2v) is 7.89. The fourth-order valence-corrected chi connectivity index (χ4v) is 2.63. The molecule has 3 aromatic rings. The second kappa shape index (κ2) is 8.39. The summed E-state index contributed by atoms with van der Waals surface area (Å²) < 4.78 is 45.9. The highest BCUT2D eigenvalue weighted by Crippen LogP contribution is 2.35.